The first-order valence-corrected chi connectivity index (χ1v) is 21.7. The summed E-state index contributed by atoms with van der Waals surface area (Å²) in [6.45, 7) is 15.0. The topological polar surface area (TPSA) is 20.2 Å². The minimum atomic E-state index is -0.279. The van der Waals surface area contributed by atoms with Crippen LogP contribution in [-0.4, -0.2) is 4.57 Å². The molecule has 0 spiro atoms. The van der Waals surface area contributed by atoms with Gasteiger partial charge in [-0.2, -0.15) is 0 Å². The average molecular weight is 812 g/mol. The zero-order valence-electron chi connectivity index (χ0n) is 36.0. The Morgan fingerprint density at radius 1 is 0.603 bits per heavy atom. The molecule has 0 saturated heterocycles. The summed E-state index contributed by atoms with van der Waals surface area (Å²) in [4.78, 5) is 2.33. The van der Waals surface area contributed by atoms with Crippen LogP contribution in [0.3, 0.4) is 0 Å². The van der Waals surface area contributed by atoms with E-state index in [1.807, 2.05) is 25.2 Å². The van der Waals surface area contributed by atoms with Gasteiger partial charge in [0.25, 0.3) is 0 Å². The molecule has 1 aromatic heterocycles. The SMILES string of the molecule is C=C/C=C(\C=C/C)c1ccc(N(c2ccc(-c3ccccc3)cc2)c2ccc(-c3ccc4c(c3)c3cc(C=C)c5c(c3n4-c3ccccc3)C(C)(C)c3ccccc3N5)cc2)cc1. The van der Waals surface area contributed by atoms with Crippen molar-refractivity contribution in [3.8, 4) is 27.9 Å². The number of anilines is 5. The minimum Gasteiger partial charge on any atom is -0.354 e. The van der Waals surface area contributed by atoms with E-state index in [4.69, 9.17) is 0 Å². The molecule has 304 valence electrons. The predicted octanol–water partition coefficient (Wildman–Crippen LogP) is 16.8. The highest BCUT2D eigenvalue weighted by Crippen LogP contribution is 2.52. The maximum atomic E-state index is 4.31. The van der Waals surface area contributed by atoms with E-state index in [0.717, 1.165) is 62.0 Å². The van der Waals surface area contributed by atoms with Crippen LogP contribution in [0.5, 0.6) is 0 Å². The smallest absolute Gasteiger partial charge is 0.0603 e. The highest BCUT2D eigenvalue weighted by Gasteiger charge is 2.37. The Morgan fingerprint density at radius 2 is 1.17 bits per heavy atom. The standard InChI is InChI=1S/C60H49N3/c1-6-17-42(18-7-2)44-25-32-49(33-26-44)62(50-34-27-45(28-35-50)43-19-11-9-12-20-43)51-36-29-46(30-37-51)47-31-38-56-52(40-47)53-39-41(8-3)58-57(59(53)63(56)48-21-13-10-14-22-48)60(4,5)54-23-15-16-24-55(54)61-58/h6-40,61H,1,3H2,2,4-5H3/b18-7-,42-17+. The van der Waals surface area contributed by atoms with Gasteiger partial charge in [0.15, 0.2) is 0 Å². The van der Waals surface area contributed by atoms with Crippen molar-refractivity contribution < 1.29 is 0 Å². The molecule has 0 fully saturated rings. The molecule has 8 aromatic carbocycles. The van der Waals surface area contributed by atoms with Crippen molar-refractivity contribution in [3.63, 3.8) is 0 Å². The number of nitrogens with zero attached hydrogens (tertiary/aromatic N) is 2. The number of hydrogen-bond donors (Lipinski definition) is 1. The highest BCUT2D eigenvalue weighted by molar-refractivity contribution is 6.15. The Hall–Kier alpha value is -7.88. The first-order valence-electron chi connectivity index (χ1n) is 21.7. The van der Waals surface area contributed by atoms with E-state index < -0.39 is 0 Å². The zero-order chi connectivity index (χ0) is 43.1. The Labute approximate surface area is 370 Å². The summed E-state index contributed by atoms with van der Waals surface area (Å²) in [6, 6.07) is 65.9. The molecule has 1 N–H and O–H groups in total. The predicted molar refractivity (Wildman–Crippen MR) is 271 cm³/mol. The summed E-state index contributed by atoms with van der Waals surface area (Å²) in [7, 11) is 0. The lowest BCUT2D eigenvalue weighted by Crippen LogP contribution is -2.27. The summed E-state index contributed by atoms with van der Waals surface area (Å²) in [5.41, 5.74) is 19.4. The van der Waals surface area contributed by atoms with Crippen LogP contribution >= 0.6 is 0 Å². The molecular weight excluding hydrogens is 763 g/mol. The Kier molecular flexibility index (Phi) is 10.1. The molecule has 3 heteroatoms. The number of rotatable bonds is 10. The van der Waals surface area contributed by atoms with Gasteiger partial charge in [-0.15, -0.1) is 0 Å². The molecule has 0 radical (unpaired) electrons. The van der Waals surface area contributed by atoms with Crippen LogP contribution < -0.4 is 10.2 Å². The van der Waals surface area contributed by atoms with Crippen molar-refractivity contribution in [2.45, 2.75) is 26.2 Å². The van der Waals surface area contributed by atoms with Gasteiger partial charge in [-0.05, 0) is 124 Å². The number of para-hydroxylation sites is 2. The summed E-state index contributed by atoms with van der Waals surface area (Å²) < 4.78 is 2.46. The monoisotopic (exact) mass is 811 g/mol. The van der Waals surface area contributed by atoms with Crippen LogP contribution in [0.2, 0.25) is 0 Å². The van der Waals surface area contributed by atoms with Crippen molar-refractivity contribution >= 4 is 61.9 Å². The molecule has 0 bridgehead atoms. The highest BCUT2D eigenvalue weighted by atomic mass is 15.1. The van der Waals surface area contributed by atoms with Crippen LogP contribution in [0.4, 0.5) is 28.4 Å². The number of allylic oxidation sites excluding steroid dienone is 5. The van der Waals surface area contributed by atoms with E-state index in [2.05, 4.69) is 236 Å². The van der Waals surface area contributed by atoms with Crippen LogP contribution in [0.25, 0.3) is 61.4 Å². The molecule has 0 saturated carbocycles. The van der Waals surface area contributed by atoms with E-state index in [-0.39, 0.29) is 5.41 Å². The summed E-state index contributed by atoms with van der Waals surface area (Å²) in [5, 5.41) is 6.26. The van der Waals surface area contributed by atoms with Crippen molar-refractivity contribution in [1.82, 2.24) is 4.57 Å². The third kappa shape index (κ3) is 6.89. The second kappa shape index (κ2) is 16.2. The number of nitrogens with one attached hydrogen (secondary N) is 1. The summed E-state index contributed by atoms with van der Waals surface area (Å²) >= 11 is 0. The first kappa shape index (κ1) is 39.3. The second-order valence-electron chi connectivity index (χ2n) is 16.7. The third-order valence-electron chi connectivity index (χ3n) is 12.6. The number of hydrogen-bond acceptors (Lipinski definition) is 2. The lowest BCUT2D eigenvalue weighted by atomic mass is 9.72. The Balaban J connectivity index is 1.10. The lowest BCUT2D eigenvalue weighted by Gasteiger charge is -2.37. The fourth-order valence-electron chi connectivity index (χ4n) is 9.57. The number of aromatic nitrogens is 1. The molecule has 1 aliphatic rings. The largest absolute Gasteiger partial charge is 0.354 e. The molecule has 10 rings (SSSR count). The number of benzene rings is 8. The van der Waals surface area contributed by atoms with E-state index >= 15 is 0 Å². The average Bonchev–Trinajstić information content (AvgIpc) is 3.65. The first-order chi connectivity index (χ1) is 30.9. The molecule has 2 heterocycles. The molecule has 0 amide bonds. The van der Waals surface area contributed by atoms with E-state index in [0.29, 0.717) is 0 Å². The Bertz CT molecular complexity index is 3220. The van der Waals surface area contributed by atoms with Crippen molar-refractivity contribution in [2.75, 3.05) is 10.2 Å². The van der Waals surface area contributed by atoms with E-state index in [1.165, 1.54) is 44.1 Å². The van der Waals surface area contributed by atoms with Crippen LogP contribution in [0, 0.1) is 0 Å². The molecule has 1 aliphatic heterocycles. The minimum absolute atomic E-state index is 0.279. The fourth-order valence-corrected chi connectivity index (χ4v) is 9.57. The molecule has 3 nitrogen and oxygen atoms in total. The van der Waals surface area contributed by atoms with Gasteiger partial charge in [-0.1, -0.05) is 167 Å². The lowest BCUT2D eigenvalue weighted by molar-refractivity contribution is 0.642. The molecule has 0 atom stereocenters. The van der Waals surface area contributed by atoms with Gasteiger partial charge in [0.2, 0.25) is 0 Å². The molecule has 0 aliphatic carbocycles. The Morgan fingerprint density at radius 3 is 1.81 bits per heavy atom. The zero-order valence-corrected chi connectivity index (χ0v) is 36.0. The summed E-state index contributed by atoms with van der Waals surface area (Å²) in [5.74, 6) is 0. The fraction of sp³-hybridized carbons (Fsp3) is 0.0667. The molecule has 63 heavy (non-hydrogen) atoms. The van der Waals surface area contributed by atoms with Crippen LogP contribution in [0.15, 0.2) is 219 Å². The van der Waals surface area contributed by atoms with Gasteiger partial charge in [-0.3, -0.25) is 0 Å². The number of fused-ring (bicyclic) bond motifs is 6. The van der Waals surface area contributed by atoms with Crippen LogP contribution in [-0.2, 0) is 5.41 Å². The quantitative estimate of drug-likeness (QED) is 0.139. The van der Waals surface area contributed by atoms with Crippen LogP contribution in [0.1, 0.15) is 43.0 Å². The maximum Gasteiger partial charge on any atom is 0.0603 e. The third-order valence-corrected chi connectivity index (χ3v) is 12.6. The van der Waals surface area contributed by atoms with Crippen molar-refractivity contribution in [1.29, 1.82) is 0 Å². The van der Waals surface area contributed by atoms with Gasteiger partial charge in [-0.25, -0.2) is 0 Å². The van der Waals surface area contributed by atoms with Gasteiger partial charge in [0.05, 0.1) is 16.7 Å². The van der Waals surface area contributed by atoms with E-state index in [9.17, 15) is 0 Å². The van der Waals surface area contributed by atoms with Gasteiger partial charge in [0, 0.05) is 50.2 Å². The molecular formula is C60H49N3. The molecule has 0 unspecified atom stereocenters. The maximum absolute atomic E-state index is 4.31. The van der Waals surface area contributed by atoms with Gasteiger partial charge >= 0.3 is 0 Å². The van der Waals surface area contributed by atoms with E-state index in [1.54, 1.807) is 0 Å². The van der Waals surface area contributed by atoms with Gasteiger partial charge < -0.3 is 14.8 Å². The molecule has 9 aromatic rings. The van der Waals surface area contributed by atoms with Crippen molar-refractivity contribution in [2.24, 2.45) is 0 Å². The summed E-state index contributed by atoms with van der Waals surface area (Å²) in [6.07, 6.45) is 10.1. The normalized spacial score (nSPS) is 13.1. The second-order valence-corrected chi connectivity index (χ2v) is 16.7. The van der Waals surface area contributed by atoms with Gasteiger partial charge in [0.1, 0.15) is 0 Å². The van der Waals surface area contributed by atoms with Crippen molar-refractivity contribution in [3.05, 3.63) is 242 Å².